The average molecular weight is 270 g/mol. The largest absolute Gasteiger partial charge is 0.385 e. The zero-order valence-electron chi connectivity index (χ0n) is 12.1. The Kier molecular flexibility index (Phi) is 5.33. The molecule has 1 N–H and O–H groups in total. The molecule has 0 saturated heterocycles. The highest BCUT2D eigenvalue weighted by Gasteiger charge is 2.22. The molecular weight excluding hydrogens is 248 g/mol. The standard InChI is InChI=1S/C18H22O2/c1-3-14-10-12-15(13-11-14)17(19)18(20-4-2)16-8-6-5-7-9-16/h5-13,17-19H,3-4H2,1-2H3. The van der Waals surface area contributed by atoms with E-state index in [1.54, 1.807) is 0 Å². The molecule has 0 aromatic heterocycles. The molecule has 2 unspecified atom stereocenters. The molecule has 2 heteroatoms. The minimum atomic E-state index is -0.650. The van der Waals surface area contributed by atoms with E-state index in [9.17, 15) is 5.11 Å². The van der Waals surface area contributed by atoms with Gasteiger partial charge >= 0.3 is 0 Å². The predicted molar refractivity (Wildman–Crippen MR) is 81.6 cm³/mol. The number of aryl methyl sites for hydroxylation is 1. The topological polar surface area (TPSA) is 29.5 Å². The number of rotatable bonds is 6. The Morgan fingerprint density at radius 3 is 2.10 bits per heavy atom. The van der Waals surface area contributed by atoms with Crippen molar-refractivity contribution in [1.82, 2.24) is 0 Å². The van der Waals surface area contributed by atoms with Crippen molar-refractivity contribution in [3.05, 3.63) is 71.3 Å². The van der Waals surface area contributed by atoms with Gasteiger partial charge in [-0.25, -0.2) is 0 Å². The van der Waals surface area contributed by atoms with Gasteiger partial charge in [-0.2, -0.15) is 0 Å². The summed E-state index contributed by atoms with van der Waals surface area (Å²) in [4.78, 5) is 0. The molecule has 0 spiro atoms. The first-order chi connectivity index (χ1) is 9.76. The average Bonchev–Trinajstić information content (AvgIpc) is 2.53. The van der Waals surface area contributed by atoms with E-state index in [-0.39, 0.29) is 6.10 Å². The van der Waals surface area contributed by atoms with Gasteiger partial charge in [0.1, 0.15) is 12.2 Å². The molecule has 2 nitrogen and oxygen atoms in total. The van der Waals surface area contributed by atoms with Crippen molar-refractivity contribution < 1.29 is 9.84 Å². The lowest BCUT2D eigenvalue weighted by molar-refractivity contribution is -0.0361. The number of benzene rings is 2. The molecule has 2 atom stereocenters. The summed E-state index contributed by atoms with van der Waals surface area (Å²) in [6.45, 7) is 4.64. The summed E-state index contributed by atoms with van der Waals surface area (Å²) >= 11 is 0. The molecule has 2 rings (SSSR count). The van der Waals surface area contributed by atoms with Crippen molar-refractivity contribution in [2.75, 3.05) is 6.61 Å². The lowest BCUT2D eigenvalue weighted by Crippen LogP contribution is -2.14. The second kappa shape index (κ2) is 7.22. The highest BCUT2D eigenvalue weighted by atomic mass is 16.5. The summed E-state index contributed by atoms with van der Waals surface area (Å²) in [6, 6.07) is 18.0. The Morgan fingerprint density at radius 2 is 1.55 bits per heavy atom. The van der Waals surface area contributed by atoms with Crippen molar-refractivity contribution in [1.29, 1.82) is 0 Å². The van der Waals surface area contributed by atoms with Gasteiger partial charge in [0.05, 0.1) is 0 Å². The third-order valence-corrected chi connectivity index (χ3v) is 3.49. The first-order valence-corrected chi connectivity index (χ1v) is 7.19. The van der Waals surface area contributed by atoms with Gasteiger partial charge in [-0.3, -0.25) is 0 Å². The van der Waals surface area contributed by atoms with Crippen LogP contribution in [0.25, 0.3) is 0 Å². The van der Waals surface area contributed by atoms with E-state index in [1.807, 2.05) is 49.4 Å². The molecule has 2 aromatic rings. The highest BCUT2D eigenvalue weighted by molar-refractivity contribution is 5.28. The van der Waals surface area contributed by atoms with Gasteiger partial charge in [-0.15, -0.1) is 0 Å². The van der Waals surface area contributed by atoms with Crippen LogP contribution in [0.4, 0.5) is 0 Å². The second-order valence-electron chi connectivity index (χ2n) is 4.83. The van der Waals surface area contributed by atoms with Crippen molar-refractivity contribution in [2.24, 2.45) is 0 Å². The Labute approximate surface area is 121 Å². The van der Waals surface area contributed by atoms with Crippen LogP contribution in [0.2, 0.25) is 0 Å². The quantitative estimate of drug-likeness (QED) is 0.857. The SMILES string of the molecule is CCOC(c1ccccc1)C(O)c1ccc(CC)cc1. The highest BCUT2D eigenvalue weighted by Crippen LogP contribution is 2.32. The third-order valence-electron chi connectivity index (χ3n) is 3.49. The lowest BCUT2D eigenvalue weighted by atomic mass is 9.97. The van der Waals surface area contributed by atoms with Crippen molar-refractivity contribution in [2.45, 2.75) is 32.5 Å². The van der Waals surface area contributed by atoms with Gasteiger partial charge < -0.3 is 9.84 Å². The summed E-state index contributed by atoms with van der Waals surface area (Å²) in [5, 5.41) is 10.6. The minimum absolute atomic E-state index is 0.325. The minimum Gasteiger partial charge on any atom is -0.385 e. The van der Waals surface area contributed by atoms with Crippen LogP contribution in [-0.4, -0.2) is 11.7 Å². The predicted octanol–water partition coefficient (Wildman–Crippen LogP) is 4.06. The van der Waals surface area contributed by atoms with Crippen molar-refractivity contribution >= 4 is 0 Å². The fourth-order valence-electron chi connectivity index (χ4n) is 2.32. The maximum absolute atomic E-state index is 10.6. The molecule has 0 amide bonds. The van der Waals surface area contributed by atoms with Crippen LogP contribution in [0.15, 0.2) is 54.6 Å². The maximum Gasteiger partial charge on any atom is 0.112 e. The van der Waals surface area contributed by atoms with Crippen LogP contribution in [0.1, 0.15) is 42.7 Å². The van der Waals surface area contributed by atoms with Gasteiger partial charge in [-0.05, 0) is 30.0 Å². The van der Waals surface area contributed by atoms with Crippen molar-refractivity contribution in [3.8, 4) is 0 Å². The third kappa shape index (κ3) is 3.47. The normalized spacial score (nSPS) is 13.9. The Balaban J connectivity index is 2.24. The molecule has 0 aliphatic heterocycles. The smallest absolute Gasteiger partial charge is 0.112 e. The summed E-state index contributed by atoms with van der Waals surface area (Å²) in [5.41, 5.74) is 3.17. The van der Waals surface area contributed by atoms with E-state index < -0.39 is 6.10 Å². The molecule has 0 saturated carbocycles. The number of hydrogen-bond donors (Lipinski definition) is 1. The molecule has 20 heavy (non-hydrogen) atoms. The lowest BCUT2D eigenvalue weighted by Gasteiger charge is -2.23. The zero-order chi connectivity index (χ0) is 14.4. The molecule has 0 radical (unpaired) electrons. The second-order valence-corrected chi connectivity index (χ2v) is 4.83. The van der Waals surface area contributed by atoms with Gasteiger partial charge in [0.15, 0.2) is 0 Å². The monoisotopic (exact) mass is 270 g/mol. The van der Waals surface area contributed by atoms with E-state index in [4.69, 9.17) is 4.74 Å². The van der Waals surface area contributed by atoms with Gasteiger partial charge in [0, 0.05) is 6.61 Å². The van der Waals surface area contributed by atoms with Gasteiger partial charge in [0.2, 0.25) is 0 Å². The van der Waals surface area contributed by atoms with E-state index in [0.717, 1.165) is 17.5 Å². The summed E-state index contributed by atoms with van der Waals surface area (Å²) < 4.78 is 5.75. The molecule has 0 bridgehead atoms. The summed E-state index contributed by atoms with van der Waals surface area (Å²) in [7, 11) is 0. The first kappa shape index (κ1) is 14.8. The molecule has 106 valence electrons. The summed E-state index contributed by atoms with van der Waals surface area (Å²) in [6.07, 6.45) is 0.0289. The van der Waals surface area contributed by atoms with Crippen LogP contribution in [-0.2, 0) is 11.2 Å². The fraction of sp³-hybridized carbons (Fsp3) is 0.333. The zero-order valence-corrected chi connectivity index (χ0v) is 12.1. The van der Waals surface area contributed by atoms with Crippen LogP contribution >= 0.6 is 0 Å². The van der Waals surface area contributed by atoms with Gasteiger partial charge in [0.25, 0.3) is 0 Å². The van der Waals surface area contributed by atoms with E-state index in [2.05, 4.69) is 19.1 Å². The van der Waals surface area contributed by atoms with Gasteiger partial charge in [-0.1, -0.05) is 61.5 Å². The number of aliphatic hydroxyl groups is 1. The van der Waals surface area contributed by atoms with Crippen molar-refractivity contribution in [3.63, 3.8) is 0 Å². The van der Waals surface area contributed by atoms with Crippen LogP contribution in [0.3, 0.4) is 0 Å². The molecular formula is C18H22O2. The number of hydrogen-bond acceptors (Lipinski definition) is 2. The van der Waals surface area contributed by atoms with E-state index in [1.165, 1.54) is 5.56 Å². The molecule has 0 fully saturated rings. The van der Waals surface area contributed by atoms with Crippen LogP contribution in [0, 0.1) is 0 Å². The van der Waals surface area contributed by atoms with E-state index >= 15 is 0 Å². The number of aliphatic hydroxyl groups excluding tert-OH is 1. The summed E-state index contributed by atoms with van der Waals surface area (Å²) in [5.74, 6) is 0. The van der Waals surface area contributed by atoms with Crippen LogP contribution in [0.5, 0.6) is 0 Å². The molecule has 2 aromatic carbocycles. The maximum atomic E-state index is 10.6. The van der Waals surface area contributed by atoms with E-state index in [0.29, 0.717) is 6.61 Å². The van der Waals surface area contributed by atoms with Crippen LogP contribution < -0.4 is 0 Å². The Hall–Kier alpha value is -1.64. The molecule has 0 heterocycles. The Morgan fingerprint density at radius 1 is 0.900 bits per heavy atom. The first-order valence-electron chi connectivity index (χ1n) is 7.19. The number of ether oxygens (including phenoxy) is 1. The Bertz CT molecular complexity index is 505. The molecule has 0 aliphatic rings. The molecule has 0 aliphatic carbocycles. The fourth-order valence-corrected chi connectivity index (χ4v) is 2.32.